The molecule has 1 aliphatic rings. The Kier molecular flexibility index (Phi) is 4.18. The van der Waals surface area contributed by atoms with E-state index >= 15 is 0 Å². The van der Waals surface area contributed by atoms with Gasteiger partial charge in [0.1, 0.15) is 11.9 Å². The number of ether oxygens (including phenoxy) is 1. The molecule has 2 N–H and O–H groups in total. The number of fused-ring (bicyclic) bond motifs is 1. The number of thiophene rings is 1. The van der Waals surface area contributed by atoms with Gasteiger partial charge in [0.15, 0.2) is 0 Å². The van der Waals surface area contributed by atoms with Gasteiger partial charge in [-0.25, -0.2) is 0 Å². The molecule has 3 rings (SSSR count). The Morgan fingerprint density at radius 3 is 2.95 bits per heavy atom. The molecule has 0 bridgehead atoms. The molecule has 1 amide bonds. The normalized spacial score (nSPS) is 18.0. The SMILES string of the molecule is C[C@H]([C@@H]1Cc2ccccc2O1)N(C)Cc1cc(C(N)=O)cs1. The van der Waals surface area contributed by atoms with Crippen molar-refractivity contribution in [3.8, 4) is 5.75 Å². The summed E-state index contributed by atoms with van der Waals surface area (Å²) in [6.45, 7) is 2.97. The number of hydrogen-bond donors (Lipinski definition) is 1. The average Bonchev–Trinajstić information content (AvgIpc) is 3.12. The van der Waals surface area contributed by atoms with E-state index in [0.29, 0.717) is 5.56 Å². The zero-order chi connectivity index (χ0) is 15.7. The summed E-state index contributed by atoms with van der Waals surface area (Å²) in [5, 5.41) is 1.82. The van der Waals surface area contributed by atoms with Gasteiger partial charge in [0.05, 0.1) is 5.56 Å². The van der Waals surface area contributed by atoms with Crippen molar-refractivity contribution < 1.29 is 9.53 Å². The van der Waals surface area contributed by atoms with Crippen LogP contribution in [0.2, 0.25) is 0 Å². The van der Waals surface area contributed by atoms with Crippen LogP contribution in [0.25, 0.3) is 0 Å². The van der Waals surface area contributed by atoms with Gasteiger partial charge in [-0.3, -0.25) is 9.69 Å². The van der Waals surface area contributed by atoms with Crippen molar-refractivity contribution >= 4 is 17.2 Å². The third-order valence-electron chi connectivity index (χ3n) is 4.25. The molecule has 1 aliphatic heterocycles. The van der Waals surface area contributed by atoms with Crippen LogP contribution in [0.1, 0.15) is 27.7 Å². The molecule has 0 spiro atoms. The van der Waals surface area contributed by atoms with E-state index < -0.39 is 0 Å². The number of nitrogens with zero attached hydrogens (tertiary/aromatic N) is 1. The number of carbonyl (C=O) groups excluding carboxylic acids is 1. The maximum atomic E-state index is 11.2. The lowest BCUT2D eigenvalue weighted by Crippen LogP contribution is -2.40. The Hall–Kier alpha value is -1.85. The molecule has 2 aromatic rings. The molecule has 2 atom stereocenters. The number of nitrogens with two attached hydrogens (primary N) is 1. The highest BCUT2D eigenvalue weighted by atomic mass is 32.1. The average molecular weight is 316 g/mol. The predicted octanol–water partition coefficient (Wildman–Crippen LogP) is 2.67. The molecule has 0 saturated carbocycles. The van der Waals surface area contributed by atoms with Crippen LogP contribution in [0.3, 0.4) is 0 Å². The minimum atomic E-state index is -0.368. The van der Waals surface area contributed by atoms with Gasteiger partial charge in [0.25, 0.3) is 0 Å². The van der Waals surface area contributed by atoms with Crippen molar-refractivity contribution in [3.05, 3.63) is 51.7 Å². The molecule has 0 unspecified atom stereocenters. The number of para-hydroxylation sites is 1. The summed E-state index contributed by atoms with van der Waals surface area (Å²) in [4.78, 5) is 14.6. The number of amides is 1. The standard InChI is InChI=1S/C17H20N2O2S/c1-11(16-8-12-5-3-4-6-15(12)21-16)19(2)9-14-7-13(10-22-14)17(18)20/h3-7,10-11,16H,8-9H2,1-2H3,(H2,18,20)/t11-,16+/m1/s1. The third-order valence-corrected chi connectivity index (χ3v) is 5.17. The first-order valence-corrected chi connectivity index (χ1v) is 8.24. The first kappa shape index (κ1) is 15.1. The molecule has 0 aliphatic carbocycles. The number of hydrogen-bond acceptors (Lipinski definition) is 4. The molecule has 0 saturated heterocycles. The van der Waals surface area contributed by atoms with Gasteiger partial charge in [-0.2, -0.15) is 0 Å². The van der Waals surface area contributed by atoms with Gasteiger partial charge in [-0.05, 0) is 31.7 Å². The highest BCUT2D eigenvalue weighted by Gasteiger charge is 2.29. The van der Waals surface area contributed by atoms with Crippen LogP contribution < -0.4 is 10.5 Å². The molecule has 1 aromatic carbocycles. The van der Waals surface area contributed by atoms with Gasteiger partial charge in [-0.15, -0.1) is 11.3 Å². The second-order valence-electron chi connectivity index (χ2n) is 5.79. The van der Waals surface area contributed by atoms with E-state index in [1.165, 1.54) is 5.56 Å². The van der Waals surface area contributed by atoms with Crippen LogP contribution >= 0.6 is 11.3 Å². The summed E-state index contributed by atoms with van der Waals surface area (Å²) in [6.07, 6.45) is 1.11. The third kappa shape index (κ3) is 3.00. The summed E-state index contributed by atoms with van der Waals surface area (Å²) >= 11 is 1.57. The van der Waals surface area contributed by atoms with Gasteiger partial charge in [-0.1, -0.05) is 18.2 Å². The molecule has 4 nitrogen and oxygen atoms in total. The Bertz CT molecular complexity index is 658. The van der Waals surface area contributed by atoms with Crippen molar-refractivity contribution in [3.63, 3.8) is 0 Å². The second-order valence-corrected chi connectivity index (χ2v) is 6.79. The van der Waals surface area contributed by atoms with E-state index in [9.17, 15) is 4.79 Å². The van der Waals surface area contributed by atoms with E-state index in [4.69, 9.17) is 10.5 Å². The highest BCUT2D eigenvalue weighted by Crippen LogP contribution is 2.31. The van der Waals surface area contributed by atoms with E-state index in [-0.39, 0.29) is 18.1 Å². The first-order chi connectivity index (χ1) is 10.5. The largest absolute Gasteiger partial charge is 0.488 e. The van der Waals surface area contributed by atoms with Gasteiger partial charge >= 0.3 is 0 Å². The molecular formula is C17H20N2O2S. The summed E-state index contributed by atoms with van der Waals surface area (Å²) in [5.74, 6) is 0.632. The lowest BCUT2D eigenvalue weighted by Gasteiger charge is -2.28. The molecular weight excluding hydrogens is 296 g/mol. The minimum absolute atomic E-state index is 0.165. The fourth-order valence-electron chi connectivity index (χ4n) is 2.74. The second kappa shape index (κ2) is 6.10. The summed E-state index contributed by atoms with van der Waals surface area (Å²) in [5.41, 5.74) is 7.17. The Balaban J connectivity index is 1.63. The molecule has 1 aromatic heterocycles. The molecule has 116 valence electrons. The fraction of sp³-hybridized carbons (Fsp3) is 0.353. The first-order valence-electron chi connectivity index (χ1n) is 7.36. The van der Waals surface area contributed by atoms with Gasteiger partial charge in [0.2, 0.25) is 5.91 Å². The minimum Gasteiger partial charge on any atom is -0.488 e. The smallest absolute Gasteiger partial charge is 0.249 e. The Morgan fingerprint density at radius 1 is 1.50 bits per heavy atom. The maximum Gasteiger partial charge on any atom is 0.249 e. The monoisotopic (exact) mass is 316 g/mol. The maximum absolute atomic E-state index is 11.2. The van der Waals surface area contributed by atoms with Crippen LogP contribution in [0.4, 0.5) is 0 Å². The van der Waals surface area contributed by atoms with Crippen molar-refractivity contribution in [2.24, 2.45) is 5.73 Å². The Labute approximate surface area is 134 Å². The van der Waals surface area contributed by atoms with Crippen LogP contribution in [0, 0.1) is 0 Å². The van der Waals surface area contributed by atoms with E-state index in [1.807, 2.05) is 23.6 Å². The van der Waals surface area contributed by atoms with Crippen molar-refractivity contribution in [1.82, 2.24) is 4.90 Å². The lowest BCUT2D eigenvalue weighted by atomic mass is 10.0. The fourth-order valence-corrected chi connectivity index (χ4v) is 3.68. The van der Waals surface area contributed by atoms with E-state index in [2.05, 4.69) is 31.0 Å². The van der Waals surface area contributed by atoms with Gasteiger partial charge < -0.3 is 10.5 Å². The summed E-state index contributed by atoms with van der Waals surface area (Å²) in [7, 11) is 2.08. The molecule has 0 fully saturated rings. The van der Waals surface area contributed by atoms with Crippen molar-refractivity contribution in [2.45, 2.75) is 32.0 Å². The lowest BCUT2D eigenvalue weighted by molar-refractivity contribution is 0.0999. The highest BCUT2D eigenvalue weighted by molar-refractivity contribution is 7.10. The van der Waals surface area contributed by atoms with Gasteiger partial charge in [0, 0.05) is 29.3 Å². The predicted molar refractivity (Wildman–Crippen MR) is 88.3 cm³/mol. The van der Waals surface area contributed by atoms with Crippen LogP contribution in [0.15, 0.2) is 35.7 Å². The van der Waals surface area contributed by atoms with E-state index in [0.717, 1.165) is 23.6 Å². The van der Waals surface area contributed by atoms with Crippen LogP contribution in [-0.4, -0.2) is 30.0 Å². The van der Waals surface area contributed by atoms with Crippen LogP contribution in [0.5, 0.6) is 5.75 Å². The van der Waals surface area contributed by atoms with Crippen molar-refractivity contribution in [2.75, 3.05) is 7.05 Å². The number of carbonyl (C=O) groups is 1. The zero-order valence-electron chi connectivity index (χ0n) is 12.8. The molecule has 22 heavy (non-hydrogen) atoms. The molecule has 2 heterocycles. The molecule has 5 heteroatoms. The number of rotatable bonds is 5. The Morgan fingerprint density at radius 2 is 2.27 bits per heavy atom. The van der Waals surface area contributed by atoms with Crippen molar-refractivity contribution in [1.29, 1.82) is 0 Å². The summed E-state index contributed by atoms with van der Waals surface area (Å²) in [6, 6.07) is 10.4. The van der Waals surface area contributed by atoms with Crippen LogP contribution in [-0.2, 0) is 13.0 Å². The zero-order valence-corrected chi connectivity index (χ0v) is 13.6. The summed E-state index contributed by atoms with van der Waals surface area (Å²) < 4.78 is 6.06. The number of benzene rings is 1. The topological polar surface area (TPSA) is 55.6 Å². The number of likely N-dealkylation sites (N-methyl/N-ethyl adjacent to an activating group) is 1. The number of primary amides is 1. The molecule has 0 radical (unpaired) electrons. The van der Waals surface area contributed by atoms with E-state index in [1.54, 1.807) is 11.3 Å². The quantitative estimate of drug-likeness (QED) is 0.922.